The average molecular weight is 535 g/mol. The van der Waals surface area contributed by atoms with Crippen LogP contribution in [0.3, 0.4) is 0 Å². The van der Waals surface area contributed by atoms with E-state index in [1.54, 1.807) is 0 Å². The monoisotopic (exact) mass is 534 g/mol. The number of halogens is 1. The number of nitrogens with zero attached hydrogens (tertiary/aromatic N) is 5. The molecular weight excluding hydrogens is 508 g/mol. The quantitative estimate of drug-likeness (QED) is 0.311. The SMILES string of the molecule is Cn1ccnc1CN1CCC(NC(=O)c2cc3ccccc3n2Cc2cc(-c3ccc(Cl)s3)on2)CC1. The first kappa shape index (κ1) is 24.0. The summed E-state index contributed by atoms with van der Waals surface area (Å²) in [7, 11) is 2.02. The second-order valence-electron chi connectivity index (χ2n) is 9.44. The van der Waals surface area contributed by atoms with Gasteiger partial charge in [-0.15, -0.1) is 11.3 Å². The van der Waals surface area contributed by atoms with E-state index < -0.39 is 0 Å². The first-order valence-electron chi connectivity index (χ1n) is 12.3. The number of hydrogen-bond donors (Lipinski definition) is 1. The van der Waals surface area contributed by atoms with E-state index in [1.165, 1.54) is 11.3 Å². The minimum Gasteiger partial charge on any atom is -0.355 e. The number of rotatable bonds is 7. The summed E-state index contributed by atoms with van der Waals surface area (Å²) in [5.41, 5.74) is 2.36. The van der Waals surface area contributed by atoms with Crippen molar-refractivity contribution in [3.63, 3.8) is 0 Å². The number of amides is 1. The number of imidazole rings is 1. The van der Waals surface area contributed by atoms with Gasteiger partial charge in [-0.2, -0.15) is 0 Å². The van der Waals surface area contributed by atoms with E-state index in [1.807, 2.05) is 72.5 Å². The van der Waals surface area contributed by atoms with E-state index in [0.29, 0.717) is 22.3 Å². The molecule has 1 aromatic carbocycles. The summed E-state index contributed by atoms with van der Waals surface area (Å²) in [5.74, 6) is 1.67. The van der Waals surface area contributed by atoms with Gasteiger partial charge in [0.1, 0.15) is 17.2 Å². The van der Waals surface area contributed by atoms with E-state index in [0.717, 1.165) is 59.8 Å². The summed E-state index contributed by atoms with van der Waals surface area (Å²) >= 11 is 7.53. The third kappa shape index (κ3) is 5.07. The zero-order chi connectivity index (χ0) is 25.4. The number of piperidine rings is 1. The summed E-state index contributed by atoms with van der Waals surface area (Å²) in [4.78, 5) is 21.2. The Kier molecular flexibility index (Phi) is 6.58. The first-order chi connectivity index (χ1) is 18.0. The molecule has 190 valence electrons. The summed E-state index contributed by atoms with van der Waals surface area (Å²) in [5, 5.41) is 8.57. The van der Waals surface area contributed by atoms with Gasteiger partial charge in [-0.25, -0.2) is 4.98 Å². The topological polar surface area (TPSA) is 81.1 Å². The van der Waals surface area contributed by atoms with Gasteiger partial charge >= 0.3 is 0 Å². The molecule has 1 N–H and O–H groups in total. The number of carbonyl (C=O) groups excluding carboxylic acids is 1. The molecule has 0 bridgehead atoms. The van der Waals surface area contributed by atoms with Crippen LogP contribution < -0.4 is 5.32 Å². The predicted octanol–water partition coefficient (Wildman–Crippen LogP) is 5.19. The highest BCUT2D eigenvalue weighted by Crippen LogP contribution is 2.32. The number of hydrogen-bond acceptors (Lipinski definition) is 6. The lowest BCUT2D eigenvalue weighted by molar-refractivity contribution is 0.0899. The maximum atomic E-state index is 13.5. The highest BCUT2D eigenvalue weighted by atomic mass is 35.5. The highest BCUT2D eigenvalue weighted by Gasteiger charge is 2.24. The molecule has 10 heteroatoms. The van der Waals surface area contributed by atoms with E-state index in [4.69, 9.17) is 16.1 Å². The second kappa shape index (κ2) is 10.2. The molecule has 0 radical (unpaired) electrons. The molecule has 0 spiro atoms. The number of aromatic nitrogens is 4. The van der Waals surface area contributed by atoms with Crippen LogP contribution in [-0.2, 0) is 20.1 Å². The Morgan fingerprint density at radius 2 is 2.00 bits per heavy atom. The zero-order valence-electron chi connectivity index (χ0n) is 20.4. The number of para-hydroxylation sites is 1. The van der Waals surface area contributed by atoms with Crippen LogP contribution in [0.25, 0.3) is 21.5 Å². The Hall–Kier alpha value is -3.40. The van der Waals surface area contributed by atoms with Crippen molar-refractivity contribution in [3.8, 4) is 10.6 Å². The summed E-state index contributed by atoms with van der Waals surface area (Å²) in [6.45, 7) is 3.11. The molecule has 1 saturated heterocycles. The molecule has 5 heterocycles. The van der Waals surface area contributed by atoms with Crippen molar-refractivity contribution >= 4 is 39.7 Å². The van der Waals surface area contributed by atoms with Crippen LogP contribution >= 0.6 is 22.9 Å². The summed E-state index contributed by atoms with van der Waals surface area (Å²) in [6, 6.07) is 15.8. The third-order valence-electron chi connectivity index (χ3n) is 6.95. The van der Waals surface area contributed by atoms with Crippen molar-refractivity contribution < 1.29 is 9.32 Å². The lowest BCUT2D eigenvalue weighted by atomic mass is 10.0. The second-order valence-corrected chi connectivity index (χ2v) is 11.2. The van der Waals surface area contributed by atoms with Crippen molar-refractivity contribution in [2.45, 2.75) is 32.0 Å². The standard InChI is InChI=1S/C27H27ClN6O2S/c1-32-13-10-29-26(32)17-33-11-8-19(9-12-33)30-27(35)22-14-18-4-2-3-5-21(18)34(22)16-20-15-23(36-31-20)24-6-7-25(28)37-24/h2-7,10,13-15,19H,8-9,11-12,16-17H2,1H3,(H,30,35). The van der Waals surface area contributed by atoms with E-state index in [-0.39, 0.29) is 11.9 Å². The fraction of sp³-hybridized carbons (Fsp3) is 0.296. The smallest absolute Gasteiger partial charge is 0.268 e. The molecule has 6 rings (SSSR count). The van der Waals surface area contributed by atoms with Crippen LogP contribution in [0.4, 0.5) is 0 Å². The van der Waals surface area contributed by atoms with Gasteiger partial charge < -0.3 is 19.0 Å². The maximum absolute atomic E-state index is 13.5. The first-order valence-corrected chi connectivity index (χ1v) is 13.5. The van der Waals surface area contributed by atoms with Crippen molar-refractivity contribution in [1.82, 2.24) is 29.5 Å². The average Bonchev–Trinajstić information content (AvgIpc) is 3.69. The van der Waals surface area contributed by atoms with Gasteiger partial charge in [0.05, 0.1) is 22.3 Å². The lowest BCUT2D eigenvalue weighted by Crippen LogP contribution is -2.45. The van der Waals surface area contributed by atoms with Gasteiger partial charge in [0.2, 0.25) is 0 Å². The number of benzene rings is 1. The Morgan fingerprint density at radius 1 is 1.16 bits per heavy atom. The van der Waals surface area contributed by atoms with Crippen molar-refractivity contribution in [3.05, 3.63) is 82.5 Å². The Bertz CT molecular complexity index is 1540. The van der Waals surface area contributed by atoms with Crippen LogP contribution in [0.1, 0.15) is 34.8 Å². The molecule has 0 atom stereocenters. The van der Waals surface area contributed by atoms with Gasteiger partial charge in [-0.3, -0.25) is 9.69 Å². The van der Waals surface area contributed by atoms with E-state index >= 15 is 0 Å². The molecule has 5 aromatic rings. The minimum atomic E-state index is -0.0625. The number of nitrogens with one attached hydrogen (secondary N) is 1. The summed E-state index contributed by atoms with van der Waals surface area (Å²) < 4.78 is 10.4. The number of aryl methyl sites for hydroxylation is 1. The summed E-state index contributed by atoms with van der Waals surface area (Å²) in [6.07, 6.45) is 5.62. The lowest BCUT2D eigenvalue weighted by Gasteiger charge is -2.32. The molecule has 37 heavy (non-hydrogen) atoms. The molecule has 0 saturated carbocycles. The van der Waals surface area contributed by atoms with Crippen LogP contribution in [-0.4, -0.2) is 49.2 Å². The van der Waals surface area contributed by atoms with Crippen LogP contribution in [0.2, 0.25) is 4.34 Å². The van der Waals surface area contributed by atoms with Gasteiger partial charge in [0.15, 0.2) is 5.76 Å². The van der Waals surface area contributed by atoms with E-state index in [2.05, 4.69) is 24.9 Å². The fourth-order valence-corrected chi connectivity index (χ4v) is 5.91. The molecule has 0 unspecified atom stereocenters. The molecule has 1 aliphatic heterocycles. The largest absolute Gasteiger partial charge is 0.355 e. The number of fused-ring (bicyclic) bond motifs is 1. The predicted molar refractivity (Wildman–Crippen MR) is 145 cm³/mol. The van der Waals surface area contributed by atoms with Gasteiger partial charge in [-0.05, 0) is 37.1 Å². The number of thiophene rings is 1. The van der Waals surface area contributed by atoms with Gasteiger partial charge in [0.25, 0.3) is 5.91 Å². The molecule has 8 nitrogen and oxygen atoms in total. The highest BCUT2D eigenvalue weighted by molar-refractivity contribution is 7.19. The van der Waals surface area contributed by atoms with Crippen LogP contribution in [0.15, 0.2) is 65.4 Å². The van der Waals surface area contributed by atoms with Crippen molar-refractivity contribution in [2.75, 3.05) is 13.1 Å². The van der Waals surface area contributed by atoms with Gasteiger partial charge in [0, 0.05) is 55.5 Å². The van der Waals surface area contributed by atoms with Crippen LogP contribution in [0, 0.1) is 0 Å². The zero-order valence-corrected chi connectivity index (χ0v) is 22.0. The Morgan fingerprint density at radius 3 is 2.76 bits per heavy atom. The van der Waals surface area contributed by atoms with Crippen molar-refractivity contribution in [1.29, 1.82) is 0 Å². The molecule has 4 aromatic heterocycles. The van der Waals surface area contributed by atoms with Crippen molar-refractivity contribution in [2.24, 2.45) is 7.05 Å². The number of carbonyl (C=O) groups is 1. The molecule has 1 fully saturated rings. The normalized spacial score (nSPS) is 15.0. The Labute approximate surface area is 223 Å². The molecular formula is C27H27ClN6O2S. The van der Waals surface area contributed by atoms with E-state index in [9.17, 15) is 4.79 Å². The molecule has 1 amide bonds. The maximum Gasteiger partial charge on any atom is 0.268 e. The minimum absolute atomic E-state index is 0.0625. The Balaban J connectivity index is 1.16. The fourth-order valence-electron chi connectivity index (χ4n) is 4.92. The molecule has 1 aliphatic rings. The van der Waals surface area contributed by atoms with Gasteiger partial charge in [-0.1, -0.05) is 35.0 Å². The third-order valence-corrected chi connectivity index (χ3v) is 8.19. The van der Waals surface area contributed by atoms with Crippen LogP contribution in [0.5, 0.6) is 0 Å². The number of likely N-dealkylation sites (tertiary alicyclic amines) is 1. The molecule has 0 aliphatic carbocycles.